The minimum absolute atomic E-state index is 1.21. The standard InChI is InChI=1S/C3H4FO2/c1-2(4)3(5)6/h5-6H,1H2. The molecule has 2 N–H and O–H groups in total. The summed E-state index contributed by atoms with van der Waals surface area (Å²) in [6.45, 7) is 2.55. The highest BCUT2D eigenvalue weighted by Gasteiger charge is 2.00. The summed E-state index contributed by atoms with van der Waals surface area (Å²) in [5, 5.41) is 15.3. The van der Waals surface area contributed by atoms with Crippen LogP contribution >= 0.6 is 0 Å². The molecule has 0 unspecified atom stereocenters. The van der Waals surface area contributed by atoms with Crippen molar-refractivity contribution in [3.8, 4) is 0 Å². The first-order chi connectivity index (χ1) is 2.64. The predicted molar refractivity (Wildman–Crippen MR) is 17.4 cm³/mol. The maximum atomic E-state index is 11.1. The molecule has 0 spiro atoms. The first kappa shape index (κ1) is 5.59. The zero-order chi connectivity index (χ0) is 5.15. The Bertz CT molecular complexity index is 59.8. The van der Waals surface area contributed by atoms with E-state index in [-0.39, 0.29) is 0 Å². The van der Waals surface area contributed by atoms with Crippen molar-refractivity contribution in [2.75, 3.05) is 0 Å². The van der Waals surface area contributed by atoms with Crippen LogP contribution in [0.5, 0.6) is 0 Å². The fourth-order valence-corrected chi connectivity index (χ4v) is 0. The largest absolute Gasteiger partial charge is 0.356 e. The van der Waals surface area contributed by atoms with E-state index in [4.69, 9.17) is 10.2 Å². The molecule has 0 saturated heterocycles. The summed E-state index contributed by atoms with van der Waals surface area (Å²) in [7, 11) is 0. The topological polar surface area (TPSA) is 40.5 Å². The van der Waals surface area contributed by atoms with Crippen LogP contribution in [0.4, 0.5) is 4.39 Å². The average Bonchev–Trinajstić information content (AvgIpc) is 1.36. The van der Waals surface area contributed by atoms with Gasteiger partial charge in [-0.2, -0.15) is 0 Å². The highest BCUT2D eigenvalue weighted by molar-refractivity contribution is 4.95. The van der Waals surface area contributed by atoms with Gasteiger partial charge < -0.3 is 10.2 Å². The van der Waals surface area contributed by atoms with E-state index in [1.54, 1.807) is 0 Å². The Hall–Kier alpha value is -0.410. The van der Waals surface area contributed by atoms with Gasteiger partial charge in [-0.15, -0.1) is 0 Å². The molecule has 1 radical (unpaired) electrons. The van der Waals surface area contributed by atoms with E-state index in [2.05, 4.69) is 6.58 Å². The van der Waals surface area contributed by atoms with Gasteiger partial charge >= 0.3 is 0 Å². The molecule has 0 aliphatic heterocycles. The first-order valence-electron chi connectivity index (χ1n) is 1.24. The van der Waals surface area contributed by atoms with E-state index < -0.39 is 12.1 Å². The average molecular weight is 91.1 g/mol. The van der Waals surface area contributed by atoms with Gasteiger partial charge in [-0.25, -0.2) is 4.39 Å². The molecule has 2 nitrogen and oxygen atoms in total. The van der Waals surface area contributed by atoms with Gasteiger partial charge in [0.15, 0.2) is 5.83 Å². The van der Waals surface area contributed by atoms with E-state index in [0.717, 1.165) is 0 Å². The molecule has 0 saturated carbocycles. The summed E-state index contributed by atoms with van der Waals surface area (Å²) < 4.78 is 11.1. The number of hydrogen-bond donors (Lipinski definition) is 2. The van der Waals surface area contributed by atoms with Crippen LogP contribution in [0.1, 0.15) is 0 Å². The highest BCUT2D eigenvalue weighted by atomic mass is 19.1. The minimum atomic E-state index is -1.35. The number of aliphatic hydroxyl groups is 2. The van der Waals surface area contributed by atoms with Crippen molar-refractivity contribution in [2.45, 2.75) is 0 Å². The lowest BCUT2D eigenvalue weighted by Gasteiger charge is -1.88. The second-order valence-corrected chi connectivity index (χ2v) is 0.729. The summed E-state index contributed by atoms with van der Waals surface area (Å²) in [5.41, 5.74) is 0. The molecular formula is C3H4FO2. The van der Waals surface area contributed by atoms with Gasteiger partial charge in [0.1, 0.15) is 0 Å². The van der Waals surface area contributed by atoms with Crippen LogP contribution < -0.4 is 0 Å². The molecule has 35 valence electrons. The van der Waals surface area contributed by atoms with E-state index in [9.17, 15) is 4.39 Å². The second kappa shape index (κ2) is 1.89. The van der Waals surface area contributed by atoms with Crippen LogP contribution in [-0.2, 0) is 0 Å². The smallest absolute Gasteiger partial charge is 0.279 e. The summed E-state index contributed by atoms with van der Waals surface area (Å²) in [5.74, 6) is -1.21. The van der Waals surface area contributed by atoms with Crippen molar-refractivity contribution in [2.24, 2.45) is 0 Å². The Morgan fingerprint density at radius 3 is 1.67 bits per heavy atom. The van der Waals surface area contributed by atoms with Crippen LogP contribution in [-0.4, -0.2) is 10.2 Å². The molecule has 0 fully saturated rings. The van der Waals surface area contributed by atoms with Gasteiger partial charge in [0.05, 0.1) is 0 Å². The fraction of sp³-hybridized carbons (Fsp3) is 0. The summed E-state index contributed by atoms with van der Waals surface area (Å²) in [6, 6.07) is 0. The Morgan fingerprint density at radius 2 is 1.67 bits per heavy atom. The van der Waals surface area contributed by atoms with Crippen LogP contribution in [0.3, 0.4) is 0 Å². The maximum absolute atomic E-state index is 11.1. The zero-order valence-electron chi connectivity index (χ0n) is 2.98. The number of aliphatic hydroxyl groups excluding tert-OH is 1. The summed E-state index contributed by atoms with van der Waals surface area (Å²) in [6.07, 6.45) is -1.35. The van der Waals surface area contributed by atoms with Crippen LogP contribution in [0, 0.1) is 6.29 Å². The van der Waals surface area contributed by atoms with Crippen molar-refractivity contribution in [3.05, 3.63) is 18.7 Å². The van der Waals surface area contributed by atoms with Gasteiger partial charge in [0, 0.05) is 0 Å². The normalized spacial score (nSPS) is 9.33. The Kier molecular flexibility index (Phi) is 1.76. The van der Waals surface area contributed by atoms with Crippen molar-refractivity contribution in [1.29, 1.82) is 0 Å². The lowest BCUT2D eigenvalue weighted by atomic mass is 10.6. The predicted octanol–water partition coefficient (Wildman–Crippen LogP) is 0.704. The third-order valence-electron chi connectivity index (χ3n) is 0.243. The van der Waals surface area contributed by atoms with Gasteiger partial charge in [-0.1, -0.05) is 6.58 Å². The van der Waals surface area contributed by atoms with Crippen LogP contribution in [0.2, 0.25) is 0 Å². The second-order valence-electron chi connectivity index (χ2n) is 0.729. The van der Waals surface area contributed by atoms with E-state index in [1.807, 2.05) is 0 Å². The maximum Gasteiger partial charge on any atom is 0.279 e. The molecule has 0 amide bonds. The molecule has 0 atom stereocenters. The van der Waals surface area contributed by atoms with Crippen molar-refractivity contribution >= 4 is 0 Å². The Labute approximate surface area is 34.5 Å². The van der Waals surface area contributed by atoms with Gasteiger partial charge in [0.2, 0.25) is 0 Å². The Balaban J connectivity index is 3.26. The molecule has 0 aliphatic carbocycles. The molecular weight excluding hydrogens is 87.0 g/mol. The minimum Gasteiger partial charge on any atom is -0.356 e. The Morgan fingerprint density at radius 1 is 1.50 bits per heavy atom. The molecule has 0 rings (SSSR count). The van der Waals surface area contributed by atoms with Crippen LogP contribution in [0.15, 0.2) is 12.4 Å². The molecule has 0 heterocycles. The molecule has 6 heavy (non-hydrogen) atoms. The van der Waals surface area contributed by atoms with E-state index in [0.29, 0.717) is 0 Å². The highest BCUT2D eigenvalue weighted by Crippen LogP contribution is 2.01. The quantitative estimate of drug-likeness (QED) is 0.498. The monoisotopic (exact) mass is 91.0 g/mol. The molecule has 0 aromatic carbocycles. The van der Waals surface area contributed by atoms with Crippen molar-refractivity contribution in [1.82, 2.24) is 0 Å². The molecule has 0 aliphatic rings. The van der Waals surface area contributed by atoms with E-state index in [1.165, 1.54) is 0 Å². The molecule has 0 bridgehead atoms. The summed E-state index contributed by atoms with van der Waals surface area (Å²) in [4.78, 5) is 0. The molecule has 0 aromatic rings. The van der Waals surface area contributed by atoms with Crippen molar-refractivity contribution in [3.63, 3.8) is 0 Å². The van der Waals surface area contributed by atoms with Crippen LogP contribution in [0.25, 0.3) is 0 Å². The zero-order valence-corrected chi connectivity index (χ0v) is 2.98. The van der Waals surface area contributed by atoms with Gasteiger partial charge in [-0.3, -0.25) is 0 Å². The molecule has 0 aromatic heterocycles. The fourth-order valence-electron chi connectivity index (χ4n) is 0. The van der Waals surface area contributed by atoms with Gasteiger partial charge in [0.25, 0.3) is 6.29 Å². The molecule has 3 heteroatoms. The number of halogens is 1. The third kappa shape index (κ3) is 1.87. The lowest BCUT2D eigenvalue weighted by molar-refractivity contribution is 0.0892. The number of rotatable bonds is 1. The lowest BCUT2D eigenvalue weighted by Crippen LogP contribution is -1.89. The van der Waals surface area contributed by atoms with Gasteiger partial charge in [-0.05, 0) is 0 Å². The van der Waals surface area contributed by atoms with Crippen molar-refractivity contribution < 1.29 is 14.6 Å². The SMILES string of the molecule is C=C(F)[C](O)O. The van der Waals surface area contributed by atoms with E-state index >= 15 is 0 Å². The first-order valence-corrected chi connectivity index (χ1v) is 1.24. The third-order valence-corrected chi connectivity index (χ3v) is 0.243. The summed E-state index contributed by atoms with van der Waals surface area (Å²) >= 11 is 0. The number of hydrogen-bond acceptors (Lipinski definition) is 2.